The molecule has 7 heteroatoms. The Hall–Kier alpha value is -1.69. The number of nitrogens with zero attached hydrogens (tertiary/aromatic N) is 2. The lowest BCUT2D eigenvalue weighted by atomic mass is 10.1. The summed E-state index contributed by atoms with van der Waals surface area (Å²) in [6, 6.07) is 11.3. The normalized spacial score (nSPS) is 11.0. The number of aromatic nitrogens is 1. The maximum absolute atomic E-state index is 13.0. The van der Waals surface area contributed by atoms with Gasteiger partial charge in [0.1, 0.15) is 5.82 Å². The van der Waals surface area contributed by atoms with Gasteiger partial charge in [0.25, 0.3) is 0 Å². The largest absolute Gasteiger partial charge is 0.337 e. The molecule has 0 aliphatic carbocycles. The molecule has 132 valence electrons. The number of halogens is 3. The van der Waals surface area contributed by atoms with Crippen molar-refractivity contribution >= 4 is 30.7 Å². The Kier molecular flexibility index (Phi) is 10.2. The van der Waals surface area contributed by atoms with Crippen molar-refractivity contribution in [3.63, 3.8) is 0 Å². The van der Waals surface area contributed by atoms with E-state index in [1.54, 1.807) is 30.2 Å². The first-order chi connectivity index (χ1) is 10.6. The van der Waals surface area contributed by atoms with Gasteiger partial charge in [0.15, 0.2) is 0 Å². The molecular weight excluding hydrogens is 352 g/mol. The van der Waals surface area contributed by atoms with Gasteiger partial charge in [-0.25, -0.2) is 4.39 Å². The predicted molar refractivity (Wildman–Crippen MR) is 97.9 cm³/mol. The van der Waals surface area contributed by atoms with Crippen LogP contribution >= 0.6 is 24.8 Å². The van der Waals surface area contributed by atoms with Gasteiger partial charge < -0.3 is 10.6 Å². The second-order valence-corrected chi connectivity index (χ2v) is 5.25. The van der Waals surface area contributed by atoms with E-state index in [2.05, 4.69) is 4.98 Å². The van der Waals surface area contributed by atoms with Crippen LogP contribution in [0.25, 0.3) is 0 Å². The van der Waals surface area contributed by atoms with Gasteiger partial charge in [0.05, 0.1) is 6.04 Å². The molecule has 2 aromatic rings. The Morgan fingerprint density at radius 3 is 2.42 bits per heavy atom. The summed E-state index contributed by atoms with van der Waals surface area (Å²) in [7, 11) is 0. The zero-order chi connectivity index (χ0) is 15.9. The Morgan fingerprint density at radius 2 is 1.88 bits per heavy atom. The van der Waals surface area contributed by atoms with Crippen LogP contribution in [0.5, 0.6) is 0 Å². The molecule has 1 amide bonds. The molecule has 24 heavy (non-hydrogen) atoms. The van der Waals surface area contributed by atoms with Crippen molar-refractivity contribution in [2.24, 2.45) is 5.73 Å². The molecule has 0 bridgehead atoms. The predicted octanol–water partition coefficient (Wildman–Crippen LogP) is 2.98. The van der Waals surface area contributed by atoms with Crippen molar-refractivity contribution in [3.05, 3.63) is 65.7 Å². The van der Waals surface area contributed by atoms with Gasteiger partial charge in [-0.2, -0.15) is 0 Å². The first kappa shape index (κ1) is 22.3. The number of carbonyl (C=O) groups is 1. The van der Waals surface area contributed by atoms with Crippen molar-refractivity contribution in [3.8, 4) is 0 Å². The molecule has 1 unspecified atom stereocenters. The lowest BCUT2D eigenvalue weighted by molar-refractivity contribution is -0.132. The van der Waals surface area contributed by atoms with Crippen LogP contribution in [-0.4, -0.2) is 28.4 Å². The van der Waals surface area contributed by atoms with Crippen molar-refractivity contribution in [2.75, 3.05) is 6.54 Å². The summed E-state index contributed by atoms with van der Waals surface area (Å²) >= 11 is 0. The Balaban J connectivity index is 0.00000264. The maximum Gasteiger partial charge on any atom is 0.239 e. The number of hydrogen-bond donors (Lipinski definition) is 1. The van der Waals surface area contributed by atoms with Gasteiger partial charge in [0.2, 0.25) is 5.91 Å². The molecule has 0 saturated carbocycles. The maximum atomic E-state index is 13.0. The molecule has 0 aliphatic rings. The zero-order valence-corrected chi connectivity index (χ0v) is 15.0. The highest BCUT2D eigenvalue weighted by Gasteiger charge is 2.17. The molecule has 0 saturated heterocycles. The lowest BCUT2D eigenvalue weighted by Gasteiger charge is -2.24. The van der Waals surface area contributed by atoms with Crippen molar-refractivity contribution in [2.45, 2.75) is 25.9 Å². The first-order valence-electron chi connectivity index (χ1n) is 7.25. The van der Waals surface area contributed by atoms with Gasteiger partial charge >= 0.3 is 0 Å². The zero-order valence-electron chi connectivity index (χ0n) is 13.4. The summed E-state index contributed by atoms with van der Waals surface area (Å²) in [4.78, 5) is 18.2. The van der Waals surface area contributed by atoms with Gasteiger partial charge in [-0.15, -0.1) is 24.8 Å². The van der Waals surface area contributed by atoms with Crippen LogP contribution in [0, 0.1) is 5.82 Å². The molecule has 1 aromatic carbocycles. The second-order valence-electron chi connectivity index (χ2n) is 5.25. The number of carbonyl (C=O) groups excluding carboxylic acids is 1. The van der Waals surface area contributed by atoms with Crippen molar-refractivity contribution in [1.29, 1.82) is 0 Å². The van der Waals surface area contributed by atoms with Crippen molar-refractivity contribution < 1.29 is 9.18 Å². The quantitative estimate of drug-likeness (QED) is 0.846. The van der Waals surface area contributed by atoms with E-state index < -0.39 is 6.04 Å². The number of amides is 1. The van der Waals surface area contributed by atoms with Gasteiger partial charge in [-0.05, 0) is 36.8 Å². The SMILES string of the molecule is CC(N)C(=O)N(CCc1ccccn1)Cc1ccc(F)cc1.Cl.Cl. The number of hydrogen-bond acceptors (Lipinski definition) is 3. The third kappa shape index (κ3) is 6.83. The van der Waals surface area contributed by atoms with Gasteiger partial charge in [-0.3, -0.25) is 9.78 Å². The molecular formula is C17H22Cl2FN3O. The highest BCUT2D eigenvalue weighted by molar-refractivity contribution is 5.85. The van der Waals surface area contributed by atoms with Crippen LogP contribution in [0.15, 0.2) is 48.7 Å². The van der Waals surface area contributed by atoms with E-state index in [1.165, 1.54) is 12.1 Å². The summed E-state index contributed by atoms with van der Waals surface area (Å²) in [6.45, 7) is 2.60. The summed E-state index contributed by atoms with van der Waals surface area (Å²) in [5.41, 5.74) is 7.51. The number of pyridine rings is 1. The fourth-order valence-corrected chi connectivity index (χ4v) is 2.16. The van der Waals surface area contributed by atoms with Crippen LogP contribution in [0.3, 0.4) is 0 Å². The van der Waals surface area contributed by atoms with Crippen LogP contribution in [-0.2, 0) is 17.8 Å². The van der Waals surface area contributed by atoms with Gasteiger partial charge in [-0.1, -0.05) is 18.2 Å². The first-order valence-corrected chi connectivity index (χ1v) is 7.25. The highest BCUT2D eigenvalue weighted by Crippen LogP contribution is 2.09. The van der Waals surface area contributed by atoms with E-state index >= 15 is 0 Å². The van der Waals surface area contributed by atoms with E-state index in [0.29, 0.717) is 19.5 Å². The molecule has 2 rings (SSSR count). The molecule has 1 heterocycles. The minimum Gasteiger partial charge on any atom is -0.337 e. The Labute approximate surface area is 154 Å². The third-order valence-electron chi connectivity index (χ3n) is 3.35. The average molecular weight is 374 g/mol. The summed E-state index contributed by atoms with van der Waals surface area (Å²) in [6.07, 6.45) is 2.38. The average Bonchev–Trinajstić information content (AvgIpc) is 2.53. The Bertz CT molecular complexity index is 609. The van der Waals surface area contributed by atoms with E-state index in [0.717, 1.165) is 11.3 Å². The fraction of sp³-hybridized carbons (Fsp3) is 0.294. The van der Waals surface area contributed by atoms with Crippen LogP contribution in [0.4, 0.5) is 4.39 Å². The molecule has 1 aromatic heterocycles. The number of nitrogens with two attached hydrogens (primary N) is 1. The van der Waals surface area contributed by atoms with E-state index in [1.807, 2.05) is 18.2 Å². The molecule has 0 spiro atoms. The minimum absolute atomic E-state index is 0. The smallest absolute Gasteiger partial charge is 0.239 e. The second kappa shape index (κ2) is 11.0. The van der Waals surface area contributed by atoms with E-state index in [9.17, 15) is 9.18 Å². The van der Waals surface area contributed by atoms with Crippen LogP contribution in [0.1, 0.15) is 18.2 Å². The number of rotatable bonds is 6. The van der Waals surface area contributed by atoms with Crippen LogP contribution < -0.4 is 5.73 Å². The fourth-order valence-electron chi connectivity index (χ4n) is 2.16. The van der Waals surface area contributed by atoms with Crippen molar-refractivity contribution in [1.82, 2.24) is 9.88 Å². The molecule has 0 fully saturated rings. The molecule has 1 atom stereocenters. The van der Waals surface area contributed by atoms with E-state index in [-0.39, 0.29) is 36.5 Å². The highest BCUT2D eigenvalue weighted by atomic mass is 35.5. The Morgan fingerprint density at radius 1 is 1.21 bits per heavy atom. The third-order valence-corrected chi connectivity index (χ3v) is 3.35. The summed E-state index contributed by atoms with van der Waals surface area (Å²) in [5, 5.41) is 0. The monoisotopic (exact) mass is 373 g/mol. The standard InChI is InChI=1S/C17H20FN3O.2ClH/c1-13(19)17(22)21(11-9-16-4-2-3-10-20-16)12-14-5-7-15(18)8-6-14;;/h2-8,10,13H,9,11-12,19H2,1H3;2*1H. The van der Waals surface area contributed by atoms with Crippen LogP contribution in [0.2, 0.25) is 0 Å². The van der Waals surface area contributed by atoms with E-state index in [4.69, 9.17) is 5.73 Å². The topological polar surface area (TPSA) is 59.2 Å². The summed E-state index contributed by atoms with van der Waals surface area (Å²) < 4.78 is 13.0. The lowest BCUT2D eigenvalue weighted by Crippen LogP contribution is -2.42. The number of benzene rings is 1. The minimum atomic E-state index is -0.566. The molecule has 4 nitrogen and oxygen atoms in total. The molecule has 0 aliphatic heterocycles. The summed E-state index contributed by atoms with van der Waals surface area (Å²) in [5.74, 6) is -0.414. The molecule has 0 radical (unpaired) electrons. The molecule has 2 N–H and O–H groups in total. The van der Waals surface area contributed by atoms with Gasteiger partial charge in [0, 0.05) is 31.4 Å².